The number of hydrogen-bond donors (Lipinski definition) is 2. The smallest absolute Gasteiger partial charge is 0.326 e. The molecule has 19 heavy (non-hydrogen) atoms. The third-order valence-corrected chi connectivity index (χ3v) is 3.72. The van der Waals surface area contributed by atoms with E-state index in [1.54, 1.807) is 25.1 Å². The minimum Gasteiger partial charge on any atom is -0.480 e. The molecule has 102 valence electrons. The van der Waals surface area contributed by atoms with E-state index >= 15 is 0 Å². The number of likely N-dealkylation sites (tertiary alicyclic amines) is 1. The lowest BCUT2D eigenvalue weighted by molar-refractivity contribution is -0.141. The summed E-state index contributed by atoms with van der Waals surface area (Å²) in [6, 6.07) is 4.09. The molecule has 0 spiro atoms. The van der Waals surface area contributed by atoms with Gasteiger partial charge in [0.05, 0.1) is 0 Å². The Morgan fingerprint density at radius 3 is 2.89 bits per heavy atom. The summed E-state index contributed by atoms with van der Waals surface area (Å²) in [6.07, 6.45) is 1.20. The van der Waals surface area contributed by atoms with Crippen molar-refractivity contribution in [1.82, 2.24) is 4.90 Å². The zero-order valence-corrected chi connectivity index (χ0v) is 11.3. The number of rotatable bonds is 2. The van der Waals surface area contributed by atoms with Crippen LogP contribution in [0.25, 0.3) is 0 Å². The van der Waals surface area contributed by atoms with Crippen molar-refractivity contribution in [2.75, 3.05) is 11.9 Å². The van der Waals surface area contributed by atoms with Gasteiger partial charge in [-0.25, -0.2) is 9.59 Å². The molecule has 6 heteroatoms. The van der Waals surface area contributed by atoms with Crippen LogP contribution in [0.1, 0.15) is 18.4 Å². The molecule has 1 heterocycles. The van der Waals surface area contributed by atoms with E-state index in [1.807, 2.05) is 0 Å². The third kappa shape index (κ3) is 2.81. The first-order valence-corrected chi connectivity index (χ1v) is 6.44. The molecule has 2 N–H and O–H groups in total. The molecule has 1 aromatic rings. The number of hydrogen-bond acceptors (Lipinski definition) is 2. The van der Waals surface area contributed by atoms with Crippen LogP contribution >= 0.6 is 11.6 Å². The molecule has 2 rings (SSSR count). The fourth-order valence-corrected chi connectivity index (χ4v) is 2.37. The predicted molar refractivity (Wildman–Crippen MR) is 72.6 cm³/mol. The fraction of sp³-hybridized carbons (Fsp3) is 0.385. The molecule has 0 saturated carbocycles. The van der Waals surface area contributed by atoms with Crippen LogP contribution in [0.4, 0.5) is 10.5 Å². The molecule has 0 aromatic heterocycles. The van der Waals surface area contributed by atoms with Crippen LogP contribution in [-0.2, 0) is 4.79 Å². The van der Waals surface area contributed by atoms with E-state index in [-0.39, 0.29) is 0 Å². The minimum absolute atomic E-state index is 0.393. The number of carbonyl (C=O) groups excluding carboxylic acids is 1. The average Bonchev–Trinajstić information content (AvgIpc) is 2.84. The maximum atomic E-state index is 12.1. The van der Waals surface area contributed by atoms with Gasteiger partial charge in [0.15, 0.2) is 0 Å². The van der Waals surface area contributed by atoms with Gasteiger partial charge in [0.1, 0.15) is 6.04 Å². The number of carbonyl (C=O) groups is 2. The van der Waals surface area contributed by atoms with Crippen LogP contribution in [0, 0.1) is 6.92 Å². The van der Waals surface area contributed by atoms with Crippen LogP contribution in [0.15, 0.2) is 18.2 Å². The van der Waals surface area contributed by atoms with Crippen LogP contribution in [-0.4, -0.2) is 34.6 Å². The highest BCUT2D eigenvalue weighted by Gasteiger charge is 2.34. The normalized spacial score (nSPS) is 18.4. The molecule has 1 fully saturated rings. The maximum absolute atomic E-state index is 12.1. The lowest BCUT2D eigenvalue weighted by Crippen LogP contribution is -2.42. The Hall–Kier alpha value is -1.75. The molecule has 0 bridgehead atoms. The van der Waals surface area contributed by atoms with Crippen LogP contribution in [0.2, 0.25) is 5.02 Å². The summed E-state index contributed by atoms with van der Waals surface area (Å²) in [7, 11) is 0. The lowest BCUT2D eigenvalue weighted by Gasteiger charge is -2.22. The molecule has 0 radical (unpaired) electrons. The van der Waals surface area contributed by atoms with Crippen molar-refractivity contribution in [2.45, 2.75) is 25.8 Å². The van der Waals surface area contributed by atoms with E-state index in [1.165, 1.54) is 4.90 Å². The summed E-state index contributed by atoms with van der Waals surface area (Å²) in [5.74, 6) is -0.963. The van der Waals surface area contributed by atoms with Gasteiger partial charge in [-0.2, -0.15) is 0 Å². The van der Waals surface area contributed by atoms with Gasteiger partial charge in [-0.05, 0) is 37.5 Å². The molecule has 1 unspecified atom stereocenters. The van der Waals surface area contributed by atoms with Crippen LogP contribution in [0.5, 0.6) is 0 Å². The molecule has 1 aliphatic rings. The Labute approximate surface area is 116 Å². The summed E-state index contributed by atoms with van der Waals surface area (Å²) in [5, 5.41) is 12.3. The Balaban J connectivity index is 2.13. The van der Waals surface area contributed by atoms with E-state index < -0.39 is 18.0 Å². The zero-order chi connectivity index (χ0) is 14.0. The number of aliphatic carboxylic acids is 1. The molecule has 1 aromatic carbocycles. The summed E-state index contributed by atoms with van der Waals surface area (Å²) in [6.45, 7) is 2.26. The summed E-state index contributed by atoms with van der Waals surface area (Å²) in [4.78, 5) is 24.5. The average molecular weight is 283 g/mol. The highest BCUT2D eigenvalue weighted by Crippen LogP contribution is 2.24. The zero-order valence-electron chi connectivity index (χ0n) is 10.5. The van der Waals surface area contributed by atoms with Crippen molar-refractivity contribution in [1.29, 1.82) is 0 Å². The maximum Gasteiger partial charge on any atom is 0.326 e. The Bertz CT molecular complexity index is 519. The molecule has 0 aliphatic carbocycles. The predicted octanol–water partition coefficient (Wildman–Crippen LogP) is 2.73. The first kappa shape index (κ1) is 13.7. The van der Waals surface area contributed by atoms with E-state index in [0.717, 1.165) is 5.56 Å². The van der Waals surface area contributed by atoms with Gasteiger partial charge in [0, 0.05) is 17.3 Å². The second-order valence-electron chi connectivity index (χ2n) is 4.53. The molecular formula is C13H15ClN2O3. The van der Waals surface area contributed by atoms with Gasteiger partial charge in [0.2, 0.25) is 0 Å². The monoisotopic (exact) mass is 282 g/mol. The highest BCUT2D eigenvalue weighted by atomic mass is 35.5. The first-order valence-electron chi connectivity index (χ1n) is 6.06. The Morgan fingerprint density at radius 2 is 2.21 bits per heavy atom. The van der Waals surface area contributed by atoms with Crippen LogP contribution in [0.3, 0.4) is 0 Å². The highest BCUT2D eigenvalue weighted by molar-refractivity contribution is 6.31. The lowest BCUT2D eigenvalue weighted by atomic mass is 10.2. The van der Waals surface area contributed by atoms with E-state index in [2.05, 4.69) is 5.32 Å². The number of halogens is 1. The number of urea groups is 1. The van der Waals surface area contributed by atoms with E-state index in [9.17, 15) is 9.59 Å². The fourth-order valence-electron chi connectivity index (χ4n) is 2.20. The molecule has 1 atom stereocenters. The standard InChI is InChI=1S/C13H15ClN2O3/c1-8-9(14)4-2-5-10(8)15-13(19)16-7-3-6-11(16)12(17)18/h2,4-5,11H,3,6-7H2,1H3,(H,15,19)(H,17,18). The number of nitrogens with zero attached hydrogens (tertiary/aromatic N) is 1. The Kier molecular flexibility index (Phi) is 3.95. The van der Waals surface area contributed by atoms with Crippen molar-refractivity contribution < 1.29 is 14.7 Å². The van der Waals surface area contributed by atoms with E-state index in [4.69, 9.17) is 16.7 Å². The molecule has 1 aliphatic heterocycles. The number of anilines is 1. The Morgan fingerprint density at radius 1 is 1.47 bits per heavy atom. The SMILES string of the molecule is Cc1c(Cl)cccc1NC(=O)N1CCCC1C(=O)O. The first-order chi connectivity index (χ1) is 9.00. The summed E-state index contributed by atoms with van der Waals surface area (Å²) < 4.78 is 0. The van der Waals surface area contributed by atoms with Gasteiger partial charge in [-0.1, -0.05) is 17.7 Å². The van der Waals surface area contributed by atoms with Crippen molar-refractivity contribution in [2.24, 2.45) is 0 Å². The van der Waals surface area contributed by atoms with Gasteiger partial charge in [0.25, 0.3) is 0 Å². The molecule has 5 nitrogen and oxygen atoms in total. The topological polar surface area (TPSA) is 69.6 Å². The number of nitrogens with one attached hydrogen (secondary N) is 1. The second kappa shape index (κ2) is 5.48. The number of amides is 2. The van der Waals surface area contributed by atoms with Gasteiger partial charge < -0.3 is 15.3 Å². The quantitative estimate of drug-likeness (QED) is 0.876. The minimum atomic E-state index is -0.963. The van der Waals surface area contributed by atoms with Crippen molar-refractivity contribution in [3.05, 3.63) is 28.8 Å². The van der Waals surface area contributed by atoms with Gasteiger partial charge in [-0.3, -0.25) is 0 Å². The molecular weight excluding hydrogens is 268 g/mol. The van der Waals surface area contributed by atoms with E-state index in [0.29, 0.717) is 30.1 Å². The second-order valence-corrected chi connectivity index (χ2v) is 4.94. The summed E-state index contributed by atoms with van der Waals surface area (Å²) in [5.41, 5.74) is 1.37. The van der Waals surface area contributed by atoms with Gasteiger partial charge >= 0.3 is 12.0 Å². The molecule has 1 saturated heterocycles. The van der Waals surface area contributed by atoms with Crippen molar-refractivity contribution >= 4 is 29.3 Å². The molecule has 2 amide bonds. The van der Waals surface area contributed by atoms with Crippen molar-refractivity contribution in [3.8, 4) is 0 Å². The van der Waals surface area contributed by atoms with Crippen LogP contribution < -0.4 is 5.32 Å². The van der Waals surface area contributed by atoms with Crippen molar-refractivity contribution in [3.63, 3.8) is 0 Å². The number of carboxylic acid groups (broad SMARTS) is 1. The third-order valence-electron chi connectivity index (χ3n) is 3.31. The number of benzene rings is 1. The van der Waals surface area contributed by atoms with Gasteiger partial charge in [-0.15, -0.1) is 0 Å². The summed E-state index contributed by atoms with van der Waals surface area (Å²) >= 11 is 5.98. The largest absolute Gasteiger partial charge is 0.480 e. The number of carboxylic acids is 1.